The first kappa shape index (κ1) is 26.8. The molecule has 0 unspecified atom stereocenters. The van der Waals surface area contributed by atoms with Gasteiger partial charge in [-0.1, -0.05) is 66.0 Å². The summed E-state index contributed by atoms with van der Waals surface area (Å²) in [5.74, 6) is -0.255. The van der Waals surface area contributed by atoms with Crippen LogP contribution in [0.2, 0.25) is 21.6 Å². The SMILES string of the molecule is CC(C)[Si](OCCOc1c(F)cc(N2C[C@H](C)N[C@@H]3CCCC[C@H]32)cc1Cl)(C(C)C)C(C)C. The van der Waals surface area contributed by atoms with Gasteiger partial charge in [0.05, 0.1) is 11.6 Å². The highest BCUT2D eigenvalue weighted by molar-refractivity contribution is 6.77. The van der Waals surface area contributed by atoms with Crippen LogP contribution in [0.4, 0.5) is 10.1 Å². The van der Waals surface area contributed by atoms with Crippen LogP contribution in [0, 0.1) is 5.82 Å². The third kappa shape index (κ3) is 5.71. The summed E-state index contributed by atoms with van der Waals surface area (Å²) in [6, 6.07) is 4.70. The number of hydrogen-bond acceptors (Lipinski definition) is 4. The Bertz CT molecular complexity index is 747. The van der Waals surface area contributed by atoms with Crippen molar-refractivity contribution in [1.29, 1.82) is 0 Å². The molecule has 1 saturated heterocycles. The molecule has 7 heteroatoms. The summed E-state index contributed by atoms with van der Waals surface area (Å²) in [5.41, 5.74) is 2.36. The third-order valence-corrected chi connectivity index (χ3v) is 14.2. The zero-order valence-electron chi connectivity index (χ0n) is 21.6. The van der Waals surface area contributed by atoms with Crippen molar-refractivity contribution in [3.05, 3.63) is 23.0 Å². The van der Waals surface area contributed by atoms with E-state index in [-0.39, 0.29) is 5.75 Å². The Hall–Kier alpha value is -0.823. The largest absolute Gasteiger partial charge is 0.487 e. The van der Waals surface area contributed by atoms with Gasteiger partial charge < -0.3 is 19.4 Å². The minimum Gasteiger partial charge on any atom is -0.487 e. The van der Waals surface area contributed by atoms with E-state index in [1.165, 1.54) is 19.3 Å². The van der Waals surface area contributed by atoms with Gasteiger partial charge in [0, 0.05) is 36.4 Å². The number of halogens is 2. The van der Waals surface area contributed by atoms with Gasteiger partial charge in [-0.15, -0.1) is 0 Å². The Morgan fingerprint density at radius 1 is 1.06 bits per heavy atom. The number of hydrogen-bond donors (Lipinski definition) is 1. The zero-order chi connectivity index (χ0) is 24.3. The molecule has 1 heterocycles. The predicted molar refractivity (Wildman–Crippen MR) is 140 cm³/mol. The van der Waals surface area contributed by atoms with Crippen LogP contribution < -0.4 is 15.0 Å². The number of nitrogens with zero attached hydrogens (tertiary/aromatic N) is 1. The van der Waals surface area contributed by atoms with Gasteiger partial charge in [0.25, 0.3) is 0 Å². The van der Waals surface area contributed by atoms with E-state index < -0.39 is 14.1 Å². The van der Waals surface area contributed by atoms with Gasteiger partial charge in [0.1, 0.15) is 6.61 Å². The fourth-order valence-corrected chi connectivity index (χ4v) is 12.2. The second-order valence-electron chi connectivity index (χ2n) is 10.9. The molecule has 1 aromatic rings. The minimum absolute atomic E-state index is 0.137. The number of anilines is 1. The second kappa shape index (κ2) is 11.3. The van der Waals surface area contributed by atoms with Crippen molar-refractivity contribution in [3.63, 3.8) is 0 Å². The number of fused-ring (bicyclic) bond motifs is 1. The summed E-state index contributed by atoms with van der Waals surface area (Å²) in [6.45, 7) is 17.4. The fourth-order valence-electron chi connectivity index (χ4n) is 6.54. The Kier molecular flexibility index (Phi) is 9.15. The molecular weight excluding hydrogens is 455 g/mol. The van der Waals surface area contributed by atoms with E-state index in [2.05, 4.69) is 58.7 Å². The van der Waals surface area contributed by atoms with Crippen LogP contribution in [-0.4, -0.2) is 46.2 Å². The lowest BCUT2D eigenvalue weighted by Crippen LogP contribution is -2.62. The van der Waals surface area contributed by atoms with Gasteiger partial charge in [-0.2, -0.15) is 0 Å². The van der Waals surface area contributed by atoms with Gasteiger partial charge in [-0.25, -0.2) is 4.39 Å². The van der Waals surface area contributed by atoms with Crippen molar-refractivity contribution in [2.75, 3.05) is 24.7 Å². The molecule has 1 aromatic carbocycles. The number of benzene rings is 1. The van der Waals surface area contributed by atoms with Crippen molar-refractivity contribution in [1.82, 2.24) is 5.32 Å². The Morgan fingerprint density at radius 2 is 1.70 bits per heavy atom. The van der Waals surface area contributed by atoms with Crippen molar-refractivity contribution >= 4 is 25.6 Å². The first-order valence-electron chi connectivity index (χ1n) is 12.9. The third-order valence-electron chi connectivity index (χ3n) is 7.80. The molecule has 3 rings (SSSR count). The van der Waals surface area contributed by atoms with Crippen LogP contribution in [0.15, 0.2) is 12.1 Å². The number of rotatable bonds is 9. The van der Waals surface area contributed by atoms with Crippen molar-refractivity contribution in [3.8, 4) is 5.75 Å². The van der Waals surface area contributed by atoms with Crippen LogP contribution in [-0.2, 0) is 4.43 Å². The zero-order valence-corrected chi connectivity index (χ0v) is 23.3. The van der Waals surface area contributed by atoms with Gasteiger partial charge in [0.15, 0.2) is 19.9 Å². The highest BCUT2D eigenvalue weighted by atomic mass is 35.5. The Labute approximate surface area is 206 Å². The molecule has 33 heavy (non-hydrogen) atoms. The minimum atomic E-state index is -1.97. The van der Waals surface area contributed by atoms with Crippen LogP contribution in [0.3, 0.4) is 0 Å². The average Bonchev–Trinajstić information content (AvgIpc) is 2.73. The number of piperazine rings is 1. The van der Waals surface area contributed by atoms with E-state index >= 15 is 4.39 Å². The Balaban J connectivity index is 1.68. The van der Waals surface area contributed by atoms with Gasteiger partial charge in [-0.05, 0) is 42.5 Å². The van der Waals surface area contributed by atoms with E-state index in [9.17, 15) is 0 Å². The molecule has 1 saturated carbocycles. The molecule has 0 amide bonds. The topological polar surface area (TPSA) is 33.7 Å². The standard InChI is InChI=1S/C26H44ClFN2O2Si/c1-17(2)33(18(3)4,19(5)6)32-13-12-31-26-22(27)14-21(15-23(26)28)30-16-20(7)29-24-10-8-9-11-25(24)30/h14-15,17-20,24-25,29H,8-13,16H2,1-7H3/t20-,24+,25+/m0/s1. The first-order chi connectivity index (χ1) is 15.6. The maximum Gasteiger partial charge on any atom is 0.200 e. The monoisotopic (exact) mass is 498 g/mol. The van der Waals surface area contributed by atoms with Crippen LogP contribution >= 0.6 is 11.6 Å². The lowest BCUT2D eigenvalue weighted by Gasteiger charge is -2.48. The summed E-state index contributed by atoms with van der Waals surface area (Å²) in [5, 5.41) is 4.06. The lowest BCUT2D eigenvalue weighted by atomic mass is 9.86. The van der Waals surface area contributed by atoms with Gasteiger partial charge >= 0.3 is 0 Å². The van der Waals surface area contributed by atoms with Crippen LogP contribution in [0.25, 0.3) is 0 Å². The van der Waals surface area contributed by atoms with Crippen molar-refractivity contribution in [2.45, 2.75) is 109 Å². The molecule has 0 aromatic heterocycles. The maximum atomic E-state index is 15.1. The van der Waals surface area contributed by atoms with Gasteiger partial charge in [0.2, 0.25) is 0 Å². The van der Waals surface area contributed by atoms with Crippen LogP contribution in [0.1, 0.15) is 74.1 Å². The highest BCUT2D eigenvalue weighted by Gasteiger charge is 2.45. The van der Waals surface area contributed by atoms with Crippen LogP contribution in [0.5, 0.6) is 5.75 Å². The molecule has 3 atom stereocenters. The summed E-state index contributed by atoms with van der Waals surface area (Å²) >= 11 is 6.55. The van der Waals surface area contributed by atoms with Crippen molar-refractivity contribution in [2.24, 2.45) is 0 Å². The van der Waals surface area contributed by atoms with E-state index in [4.69, 9.17) is 20.8 Å². The Morgan fingerprint density at radius 3 is 2.30 bits per heavy atom. The molecule has 4 nitrogen and oxygen atoms in total. The molecule has 0 bridgehead atoms. The molecule has 1 aliphatic heterocycles. The summed E-state index contributed by atoms with van der Waals surface area (Å²) in [7, 11) is -1.97. The second-order valence-corrected chi connectivity index (χ2v) is 16.8. The molecule has 0 radical (unpaired) electrons. The quantitative estimate of drug-likeness (QED) is 0.289. The highest BCUT2D eigenvalue weighted by Crippen LogP contribution is 2.42. The molecular formula is C26H44ClFN2O2Si. The molecule has 188 valence electrons. The van der Waals surface area contributed by atoms with Gasteiger partial charge in [-0.3, -0.25) is 0 Å². The van der Waals surface area contributed by atoms with Crippen molar-refractivity contribution < 1.29 is 13.6 Å². The molecule has 0 spiro atoms. The summed E-state index contributed by atoms with van der Waals surface area (Å²) < 4.78 is 27.5. The summed E-state index contributed by atoms with van der Waals surface area (Å²) in [4.78, 5) is 2.35. The lowest BCUT2D eigenvalue weighted by molar-refractivity contribution is 0.194. The van der Waals surface area contributed by atoms with E-state index in [0.29, 0.717) is 53.0 Å². The number of nitrogens with one attached hydrogen (secondary N) is 1. The van der Waals surface area contributed by atoms with E-state index in [0.717, 1.165) is 18.7 Å². The molecule has 1 N–H and O–H groups in total. The molecule has 1 aliphatic carbocycles. The molecule has 2 aliphatic rings. The molecule has 2 fully saturated rings. The average molecular weight is 499 g/mol. The summed E-state index contributed by atoms with van der Waals surface area (Å²) in [6.07, 6.45) is 4.79. The van der Waals surface area contributed by atoms with E-state index in [1.807, 2.05) is 6.07 Å². The smallest absolute Gasteiger partial charge is 0.200 e. The first-order valence-corrected chi connectivity index (χ1v) is 15.4. The fraction of sp³-hybridized carbons (Fsp3) is 0.769. The normalized spacial score (nSPS) is 24.0. The maximum absolute atomic E-state index is 15.1. The van der Waals surface area contributed by atoms with E-state index in [1.54, 1.807) is 6.07 Å². The number of ether oxygens (including phenoxy) is 1. The predicted octanol–water partition coefficient (Wildman–Crippen LogP) is 7.16.